The van der Waals surface area contributed by atoms with Crippen molar-refractivity contribution in [2.45, 2.75) is 19.3 Å². The van der Waals surface area contributed by atoms with Gasteiger partial charge in [-0.1, -0.05) is 159 Å². The van der Waals surface area contributed by atoms with Gasteiger partial charge in [-0.15, -0.1) is 0 Å². The average Bonchev–Trinajstić information content (AvgIpc) is 3.65. The molecule has 0 aliphatic heterocycles. The molecule has 0 bridgehead atoms. The predicted octanol–water partition coefficient (Wildman–Crippen LogP) is 14.1. The zero-order valence-electron chi connectivity index (χ0n) is 30.8. The number of aryl methyl sites for hydroxylation is 1. The maximum Gasteiger partial charge on any atom is 0.0574 e. The van der Waals surface area contributed by atoms with Gasteiger partial charge in [-0.25, -0.2) is 0 Å². The highest BCUT2D eigenvalue weighted by Gasteiger charge is 2.35. The Hall–Kier alpha value is -6.64. The molecule has 258 valence electrons. The van der Waals surface area contributed by atoms with Crippen LogP contribution in [0.1, 0.15) is 25.0 Å². The second kappa shape index (κ2) is 12.5. The number of fused-ring (bicyclic) bond motifs is 5. The molecule has 1 aliphatic carbocycles. The van der Waals surface area contributed by atoms with Gasteiger partial charge in [0.15, 0.2) is 0 Å². The van der Waals surface area contributed by atoms with E-state index in [1.807, 2.05) is 0 Å². The van der Waals surface area contributed by atoms with E-state index in [9.17, 15) is 0 Å². The van der Waals surface area contributed by atoms with Gasteiger partial charge in [-0.05, 0) is 92.2 Å². The summed E-state index contributed by atoms with van der Waals surface area (Å²) < 4.78 is 2.37. The molecule has 0 spiro atoms. The monoisotopic (exact) mass is 692 g/mol. The van der Waals surface area contributed by atoms with Crippen LogP contribution in [0.2, 0.25) is 0 Å². The van der Waals surface area contributed by atoms with E-state index in [-0.39, 0.29) is 5.41 Å². The molecule has 0 amide bonds. The van der Waals surface area contributed by atoms with Gasteiger partial charge in [0.05, 0.1) is 5.69 Å². The predicted molar refractivity (Wildman–Crippen MR) is 229 cm³/mol. The second-order valence-corrected chi connectivity index (χ2v) is 15.0. The lowest BCUT2D eigenvalue weighted by molar-refractivity contribution is 0.660. The molecule has 0 saturated heterocycles. The Kier molecular flexibility index (Phi) is 7.42. The lowest BCUT2D eigenvalue weighted by Gasteiger charge is -2.28. The van der Waals surface area contributed by atoms with Gasteiger partial charge in [0.25, 0.3) is 0 Å². The van der Waals surface area contributed by atoms with E-state index in [0.29, 0.717) is 0 Å². The fourth-order valence-electron chi connectivity index (χ4n) is 8.92. The van der Waals surface area contributed by atoms with Crippen molar-refractivity contribution in [3.63, 3.8) is 0 Å². The number of aromatic nitrogens is 1. The van der Waals surface area contributed by atoms with Gasteiger partial charge in [0.2, 0.25) is 0 Å². The maximum atomic E-state index is 2.41. The summed E-state index contributed by atoms with van der Waals surface area (Å²) in [5.74, 6) is 0. The van der Waals surface area contributed by atoms with E-state index in [1.54, 1.807) is 0 Å². The number of benzene rings is 8. The van der Waals surface area contributed by atoms with Crippen LogP contribution in [0, 0.1) is 0 Å². The summed E-state index contributed by atoms with van der Waals surface area (Å²) in [5.41, 5.74) is 17.3. The van der Waals surface area contributed by atoms with Crippen molar-refractivity contribution in [1.82, 2.24) is 4.57 Å². The number of rotatable bonds is 6. The van der Waals surface area contributed by atoms with Gasteiger partial charge in [-0.3, -0.25) is 0 Å². The fourth-order valence-corrected chi connectivity index (χ4v) is 8.92. The quantitative estimate of drug-likeness (QED) is 0.168. The summed E-state index contributed by atoms with van der Waals surface area (Å²) >= 11 is 0. The Balaban J connectivity index is 1.13. The Labute approximate surface area is 317 Å². The highest BCUT2D eigenvalue weighted by atomic mass is 15.1. The van der Waals surface area contributed by atoms with E-state index in [1.165, 1.54) is 77.4 Å². The second-order valence-electron chi connectivity index (χ2n) is 15.0. The first-order valence-electron chi connectivity index (χ1n) is 18.8. The molecule has 2 heteroatoms. The number of hydrogen-bond donors (Lipinski definition) is 0. The van der Waals surface area contributed by atoms with Gasteiger partial charge in [0, 0.05) is 51.6 Å². The minimum atomic E-state index is -0.0962. The smallest absolute Gasteiger partial charge is 0.0574 e. The summed E-state index contributed by atoms with van der Waals surface area (Å²) in [6.07, 6.45) is 0. The Morgan fingerprint density at radius 2 is 0.981 bits per heavy atom. The average molecular weight is 693 g/mol. The van der Waals surface area contributed by atoms with Crippen molar-refractivity contribution in [2.24, 2.45) is 7.05 Å². The van der Waals surface area contributed by atoms with Gasteiger partial charge >= 0.3 is 0 Å². The van der Waals surface area contributed by atoms with E-state index >= 15 is 0 Å². The van der Waals surface area contributed by atoms with Crippen LogP contribution in [0.4, 0.5) is 17.1 Å². The molecule has 1 heterocycles. The van der Waals surface area contributed by atoms with E-state index in [2.05, 4.69) is 218 Å². The molecular formula is C52H40N2. The summed E-state index contributed by atoms with van der Waals surface area (Å²) in [5, 5.41) is 3.76. The molecule has 0 radical (unpaired) electrons. The number of nitrogens with zero attached hydrogens (tertiary/aromatic N) is 2. The third-order valence-corrected chi connectivity index (χ3v) is 11.6. The van der Waals surface area contributed by atoms with Crippen molar-refractivity contribution in [1.29, 1.82) is 0 Å². The summed E-state index contributed by atoms with van der Waals surface area (Å²) in [6.45, 7) is 4.71. The minimum absolute atomic E-state index is 0.0962. The Morgan fingerprint density at radius 1 is 0.426 bits per heavy atom. The van der Waals surface area contributed by atoms with Crippen LogP contribution in [-0.4, -0.2) is 4.57 Å². The lowest BCUT2D eigenvalue weighted by atomic mass is 9.82. The van der Waals surface area contributed by atoms with Crippen molar-refractivity contribution in [2.75, 3.05) is 4.90 Å². The standard InChI is InChI=1S/C52H40N2/c1-52(2)47-22-11-9-19-43(47)44-33-32-41(34-48(44)52)54(39-28-24-36(25-29-39)35-14-5-4-6-15-35)40-30-26-38(27-31-40)50-46-20-10-12-23-49(46)53(3)51(50)45-21-13-17-37-16-7-8-18-42(37)45/h4-34H,1-3H3. The molecule has 54 heavy (non-hydrogen) atoms. The van der Waals surface area contributed by atoms with Crippen LogP contribution < -0.4 is 4.90 Å². The van der Waals surface area contributed by atoms with Crippen LogP contribution >= 0.6 is 0 Å². The largest absolute Gasteiger partial charge is 0.343 e. The van der Waals surface area contributed by atoms with Crippen LogP contribution in [0.15, 0.2) is 188 Å². The SMILES string of the molecule is Cn1c(-c2cccc3ccccc23)c(-c2ccc(N(c3ccc(-c4ccccc4)cc3)c3ccc4c(c3)C(C)(C)c3ccccc3-4)cc2)c2ccccc21. The molecule has 9 aromatic rings. The van der Waals surface area contributed by atoms with Crippen LogP contribution in [0.3, 0.4) is 0 Å². The highest BCUT2D eigenvalue weighted by molar-refractivity contribution is 6.09. The molecule has 0 atom stereocenters. The van der Waals surface area contributed by atoms with Crippen LogP contribution in [-0.2, 0) is 12.5 Å². The van der Waals surface area contributed by atoms with E-state index in [0.717, 1.165) is 17.1 Å². The van der Waals surface area contributed by atoms with E-state index < -0.39 is 0 Å². The molecule has 0 saturated carbocycles. The molecule has 0 N–H and O–H groups in total. The van der Waals surface area contributed by atoms with Crippen molar-refractivity contribution in [3.05, 3.63) is 199 Å². The summed E-state index contributed by atoms with van der Waals surface area (Å²) in [6, 6.07) is 68.9. The molecule has 10 rings (SSSR count). The number of para-hydroxylation sites is 1. The van der Waals surface area contributed by atoms with Crippen LogP contribution in [0.25, 0.3) is 66.3 Å². The summed E-state index contributed by atoms with van der Waals surface area (Å²) in [4.78, 5) is 2.41. The molecular weight excluding hydrogens is 653 g/mol. The van der Waals surface area contributed by atoms with Crippen molar-refractivity contribution in [3.8, 4) is 44.6 Å². The van der Waals surface area contributed by atoms with Crippen molar-refractivity contribution < 1.29 is 0 Å². The van der Waals surface area contributed by atoms with Crippen LogP contribution in [0.5, 0.6) is 0 Å². The van der Waals surface area contributed by atoms with Gasteiger partial charge in [0.1, 0.15) is 0 Å². The zero-order chi connectivity index (χ0) is 36.4. The molecule has 0 fully saturated rings. The van der Waals surface area contributed by atoms with Gasteiger partial charge in [-0.2, -0.15) is 0 Å². The number of hydrogen-bond acceptors (Lipinski definition) is 1. The van der Waals surface area contributed by atoms with Gasteiger partial charge < -0.3 is 9.47 Å². The molecule has 8 aromatic carbocycles. The molecule has 0 unspecified atom stereocenters. The summed E-state index contributed by atoms with van der Waals surface area (Å²) in [7, 11) is 2.20. The van der Waals surface area contributed by atoms with E-state index in [4.69, 9.17) is 0 Å². The first-order valence-corrected chi connectivity index (χ1v) is 18.8. The first-order chi connectivity index (χ1) is 26.5. The lowest BCUT2D eigenvalue weighted by Crippen LogP contribution is -2.16. The molecule has 1 aliphatic rings. The third kappa shape index (κ3) is 5.02. The number of anilines is 3. The first kappa shape index (κ1) is 32.0. The topological polar surface area (TPSA) is 8.17 Å². The maximum absolute atomic E-state index is 2.41. The van der Waals surface area contributed by atoms with Crippen molar-refractivity contribution >= 4 is 38.7 Å². The fraction of sp³-hybridized carbons (Fsp3) is 0.0769. The molecule has 1 aromatic heterocycles. The normalized spacial score (nSPS) is 12.9. The Morgan fingerprint density at radius 3 is 1.76 bits per heavy atom. The zero-order valence-corrected chi connectivity index (χ0v) is 30.8. The highest BCUT2D eigenvalue weighted by Crippen LogP contribution is 2.51. The Bertz CT molecular complexity index is 2830. The minimum Gasteiger partial charge on any atom is -0.343 e. The molecule has 2 nitrogen and oxygen atoms in total. The third-order valence-electron chi connectivity index (χ3n) is 11.6.